The molecule has 0 saturated heterocycles. The fourth-order valence-corrected chi connectivity index (χ4v) is 2.59. The van der Waals surface area contributed by atoms with Gasteiger partial charge in [-0.15, -0.1) is 0 Å². The molecule has 0 radical (unpaired) electrons. The monoisotopic (exact) mass is 276 g/mol. The number of nitrogens with one attached hydrogen (secondary N) is 1. The molecule has 6 nitrogen and oxygen atoms in total. The van der Waals surface area contributed by atoms with Crippen molar-refractivity contribution in [3.63, 3.8) is 0 Å². The summed E-state index contributed by atoms with van der Waals surface area (Å²) in [6.45, 7) is 1.86. The van der Waals surface area contributed by atoms with Gasteiger partial charge in [0.05, 0.1) is 5.56 Å². The van der Waals surface area contributed by atoms with Crippen LogP contribution in [0.4, 0.5) is 0 Å². The zero-order valence-electron chi connectivity index (χ0n) is 11.6. The average molecular weight is 276 g/mol. The molecule has 2 rings (SSSR count). The summed E-state index contributed by atoms with van der Waals surface area (Å²) in [5.74, 6) is -0.170. The predicted octanol–water partition coefficient (Wildman–Crippen LogP) is 1.57. The quantitative estimate of drug-likeness (QED) is 0.337. The molecule has 0 atom stereocenters. The number of amides is 1. The van der Waals surface area contributed by atoms with Gasteiger partial charge >= 0.3 is 0 Å². The van der Waals surface area contributed by atoms with Crippen LogP contribution in [-0.4, -0.2) is 27.5 Å². The van der Waals surface area contributed by atoms with Crippen LogP contribution in [0.2, 0.25) is 0 Å². The molecule has 1 amide bonds. The fraction of sp³-hybridized carbons (Fsp3) is 0.500. The molecule has 1 fully saturated rings. The second-order valence-electron chi connectivity index (χ2n) is 5.27. The first-order valence-corrected chi connectivity index (χ1v) is 6.80. The first-order valence-electron chi connectivity index (χ1n) is 6.80. The van der Waals surface area contributed by atoms with Crippen molar-refractivity contribution in [3.8, 4) is 0 Å². The highest BCUT2D eigenvalue weighted by molar-refractivity contribution is 6.00. The number of carbonyl (C=O) groups is 1. The standard InChI is InChI=1S/C14H20N4O2/c1-10-5-6-11(9-16-10)12(19)17-14(13(15)18-20)7-3-2-4-8-14/h5-6,9,20H,2-4,7-8H2,1H3,(H2,15,18)(H,17,19). The van der Waals surface area contributed by atoms with E-state index >= 15 is 0 Å². The number of aromatic nitrogens is 1. The van der Waals surface area contributed by atoms with Crippen molar-refractivity contribution >= 4 is 11.7 Å². The van der Waals surface area contributed by atoms with E-state index in [-0.39, 0.29) is 11.7 Å². The van der Waals surface area contributed by atoms with Gasteiger partial charge in [-0.25, -0.2) is 0 Å². The SMILES string of the molecule is Cc1ccc(C(=O)NC2(/C(N)=N/O)CCCCC2)cn1. The summed E-state index contributed by atoms with van der Waals surface area (Å²) in [5.41, 5.74) is 6.39. The molecule has 0 bridgehead atoms. The number of pyridine rings is 1. The van der Waals surface area contributed by atoms with E-state index in [1.807, 2.05) is 6.92 Å². The summed E-state index contributed by atoms with van der Waals surface area (Å²) in [6.07, 6.45) is 5.91. The molecule has 0 aromatic carbocycles. The van der Waals surface area contributed by atoms with Crippen molar-refractivity contribution in [2.24, 2.45) is 10.9 Å². The third-order valence-electron chi connectivity index (χ3n) is 3.83. The van der Waals surface area contributed by atoms with Gasteiger partial charge in [-0.05, 0) is 31.9 Å². The van der Waals surface area contributed by atoms with Crippen LogP contribution in [0, 0.1) is 6.92 Å². The Morgan fingerprint density at radius 3 is 2.65 bits per heavy atom. The Morgan fingerprint density at radius 2 is 2.10 bits per heavy atom. The van der Waals surface area contributed by atoms with Crippen LogP contribution < -0.4 is 11.1 Å². The van der Waals surface area contributed by atoms with Crippen molar-refractivity contribution in [3.05, 3.63) is 29.6 Å². The van der Waals surface area contributed by atoms with E-state index < -0.39 is 5.54 Å². The third kappa shape index (κ3) is 2.89. The zero-order chi connectivity index (χ0) is 14.6. The molecule has 0 unspecified atom stereocenters. The lowest BCUT2D eigenvalue weighted by atomic mass is 9.80. The van der Waals surface area contributed by atoms with Gasteiger partial charge in [0.25, 0.3) is 5.91 Å². The Morgan fingerprint density at radius 1 is 1.40 bits per heavy atom. The highest BCUT2D eigenvalue weighted by Gasteiger charge is 2.38. The number of hydrogen-bond donors (Lipinski definition) is 3. The van der Waals surface area contributed by atoms with Crippen molar-refractivity contribution in [1.29, 1.82) is 0 Å². The highest BCUT2D eigenvalue weighted by Crippen LogP contribution is 2.28. The van der Waals surface area contributed by atoms with E-state index in [2.05, 4.69) is 15.5 Å². The maximum Gasteiger partial charge on any atom is 0.253 e. The summed E-state index contributed by atoms with van der Waals surface area (Å²) >= 11 is 0. The van der Waals surface area contributed by atoms with Crippen molar-refractivity contribution in [1.82, 2.24) is 10.3 Å². The van der Waals surface area contributed by atoms with Crippen molar-refractivity contribution in [2.45, 2.75) is 44.6 Å². The summed E-state index contributed by atoms with van der Waals surface area (Å²) in [4.78, 5) is 16.4. The molecule has 1 saturated carbocycles. The van der Waals surface area contributed by atoms with Gasteiger partial charge in [0.2, 0.25) is 0 Å². The van der Waals surface area contributed by atoms with Crippen LogP contribution in [0.3, 0.4) is 0 Å². The average Bonchev–Trinajstić information content (AvgIpc) is 2.48. The molecule has 1 aromatic heterocycles. The number of nitrogens with zero attached hydrogens (tertiary/aromatic N) is 2. The van der Waals surface area contributed by atoms with Crippen LogP contribution in [0.15, 0.2) is 23.5 Å². The fourth-order valence-electron chi connectivity index (χ4n) is 2.59. The van der Waals surface area contributed by atoms with Gasteiger partial charge in [-0.3, -0.25) is 9.78 Å². The second kappa shape index (κ2) is 5.90. The number of amidine groups is 1. The van der Waals surface area contributed by atoms with E-state index in [0.29, 0.717) is 18.4 Å². The Balaban J connectivity index is 2.19. The Labute approximate surface area is 118 Å². The molecule has 1 heterocycles. The zero-order valence-corrected chi connectivity index (χ0v) is 11.6. The van der Waals surface area contributed by atoms with Gasteiger partial charge in [0.1, 0.15) is 5.54 Å². The lowest BCUT2D eigenvalue weighted by Gasteiger charge is -2.36. The maximum atomic E-state index is 12.3. The summed E-state index contributed by atoms with van der Waals surface area (Å²) in [7, 11) is 0. The minimum Gasteiger partial charge on any atom is -0.409 e. The summed E-state index contributed by atoms with van der Waals surface area (Å²) in [6, 6.07) is 3.51. The van der Waals surface area contributed by atoms with E-state index in [9.17, 15) is 4.79 Å². The molecule has 1 aliphatic rings. The minimum atomic E-state index is -0.741. The lowest BCUT2D eigenvalue weighted by Crippen LogP contribution is -2.58. The van der Waals surface area contributed by atoms with Crippen LogP contribution in [0.25, 0.3) is 0 Å². The largest absolute Gasteiger partial charge is 0.409 e. The topological polar surface area (TPSA) is 101 Å². The third-order valence-corrected chi connectivity index (χ3v) is 3.83. The van der Waals surface area contributed by atoms with Crippen LogP contribution >= 0.6 is 0 Å². The minimum absolute atomic E-state index is 0.0746. The van der Waals surface area contributed by atoms with Gasteiger partial charge in [-0.2, -0.15) is 0 Å². The second-order valence-corrected chi connectivity index (χ2v) is 5.27. The van der Waals surface area contributed by atoms with Crippen LogP contribution in [-0.2, 0) is 0 Å². The first kappa shape index (κ1) is 14.3. The van der Waals surface area contributed by atoms with Gasteiger partial charge in [0.15, 0.2) is 5.84 Å². The van der Waals surface area contributed by atoms with E-state index in [0.717, 1.165) is 25.0 Å². The predicted molar refractivity (Wildman–Crippen MR) is 75.7 cm³/mol. The lowest BCUT2D eigenvalue weighted by molar-refractivity contribution is 0.0905. The van der Waals surface area contributed by atoms with Gasteiger partial charge in [-0.1, -0.05) is 24.4 Å². The van der Waals surface area contributed by atoms with E-state index in [1.54, 1.807) is 12.1 Å². The Bertz CT molecular complexity index is 504. The Hall–Kier alpha value is -2.11. The summed E-state index contributed by atoms with van der Waals surface area (Å²) < 4.78 is 0. The first-order chi connectivity index (χ1) is 9.57. The molecule has 4 N–H and O–H groups in total. The highest BCUT2D eigenvalue weighted by atomic mass is 16.4. The molecule has 1 aliphatic carbocycles. The molecule has 0 spiro atoms. The number of nitrogens with two attached hydrogens (primary N) is 1. The number of aryl methyl sites for hydroxylation is 1. The number of carbonyl (C=O) groups excluding carboxylic acids is 1. The van der Waals surface area contributed by atoms with Gasteiger partial charge in [0, 0.05) is 11.9 Å². The molecule has 20 heavy (non-hydrogen) atoms. The maximum absolute atomic E-state index is 12.3. The van der Waals surface area contributed by atoms with Crippen LogP contribution in [0.5, 0.6) is 0 Å². The Kier molecular flexibility index (Phi) is 4.22. The molecule has 108 valence electrons. The van der Waals surface area contributed by atoms with Crippen molar-refractivity contribution < 1.29 is 10.0 Å². The number of hydrogen-bond acceptors (Lipinski definition) is 4. The van der Waals surface area contributed by atoms with Crippen molar-refractivity contribution in [2.75, 3.05) is 0 Å². The molecule has 6 heteroatoms. The number of rotatable bonds is 3. The molecular weight excluding hydrogens is 256 g/mol. The number of oxime groups is 1. The smallest absolute Gasteiger partial charge is 0.253 e. The van der Waals surface area contributed by atoms with Crippen LogP contribution in [0.1, 0.15) is 48.2 Å². The molecule has 0 aliphatic heterocycles. The summed E-state index contributed by atoms with van der Waals surface area (Å²) in [5, 5.41) is 15.0. The van der Waals surface area contributed by atoms with Gasteiger partial charge < -0.3 is 16.3 Å². The van der Waals surface area contributed by atoms with E-state index in [1.165, 1.54) is 6.20 Å². The van der Waals surface area contributed by atoms with E-state index in [4.69, 9.17) is 10.9 Å². The normalized spacial score (nSPS) is 18.6. The molecular formula is C14H20N4O2. The molecule has 1 aromatic rings.